The largest absolute Gasteiger partial charge is 0.443 e. The van der Waals surface area contributed by atoms with Crippen molar-refractivity contribution < 1.29 is 4.42 Å². The maximum absolute atomic E-state index is 5.80. The van der Waals surface area contributed by atoms with Gasteiger partial charge in [-0.25, -0.2) is 9.98 Å². The molecule has 0 bridgehead atoms. The van der Waals surface area contributed by atoms with Gasteiger partial charge < -0.3 is 20.0 Å². The molecule has 0 amide bonds. The van der Waals surface area contributed by atoms with Crippen LogP contribution in [0.1, 0.15) is 59.1 Å². The van der Waals surface area contributed by atoms with E-state index in [1.165, 1.54) is 25.9 Å². The van der Waals surface area contributed by atoms with Crippen LogP contribution in [0.5, 0.6) is 0 Å². The van der Waals surface area contributed by atoms with Gasteiger partial charge in [0.2, 0.25) is 5.89 Å². The predicted molar refractivity (Wildman–Crippen MR) is 118 cm³/mol. The van der Waals surface area contributed by atoms with Crippen molar-refractivity contribution in [2.24, 2.45) is 10.9 Å². The van der Waals surface area contributed by atoms with Crippen molar-refractivity contribution in [3.63, 3.8) is 0 Å². The van der Waals surface area contributed by atoms with Gasteiger partial charge in [-0.15, -0.1) is 24.0 Å². The Morgan fingerprint density at radius 1 is 1.31 bits per heavy atom. The van der Waals surface area contributed by atoms with Crippen LogP contribution >= 0.6 is 24.0 Å². The summed E-state index contributed by atoms with van der Waals surface area (Å²) in [6.07, 6.45) is 4.44. The maximum atomic E-state index is 5.80. The van der Waals surface area contributed by atoms with Crippen LogP contribution in [0.2, 0.25) is 0 Å². The number of likely N-dealkylation sites (tertiary alicyclic amines) is 1. The maximum Gasteiger partial charge on any atom is 0.216 e. The predicted octanol–water partition coefficient (Wildman–Crippen LogP) is 3.38. The summed E-state index contributed by atoms with van der Waals surface area (Å²) in [6, 6.07) is 0. The molecule has 0 aliphatic carbocycles. The third-order valence-corrected chi connectivity index (χ3v) is 4.61. The van der Waals surface area contributed by atoms with E-state index in [9.17, 15) is 0 Å². The Kier molecular flexibility index (Phi) is 9.92. The van der Waals surface area contributed by atoms with Gasteiger partial charge in [-0.05, 0) is 38.8 Å². The first kappa shape index (κ1) is 23.2. The minimum atomic E-state index is -0.0242. The fourth-order valence-corrected chi connectivity index (χ4v) is 2.84. The Morgan fingerprint density at radius 3 is 2.58 bits per heavy atom. The summed E-state index contributed by atoms with van der Waals surface area (Å²) in [6.45, 7) is 16.5. The molecule has 0 saturated carbocycles. The summed E-state index contributed by atoms with van der Waals surface area (Å²) in [5.74, 6) is 3.26. The highest BCUT2D eigenvalue weighted by Crippen LogP contribution is 2.22. The van der Waals surface area contributed by atoms with E-state index >= 15 is 0 Å². The number of rotatable bonds is 6. The lowest BCUT2D eigenvalue weighted by molar-refractivity contribution is 0.195. The summed E-state index contributed by atoms with van der Waals surface area (Å²) < 4.78 is 5.80. The van der Waals surface area contributed by atoms with E-state index in [1.54, 1.807) is 0 Å². The first-order valence-electron chi connectivity index (χ1n) is 9.58. The topological polar surface area (TPSA) is 65.7 Å². The summed E-state index contributed by atoms with van der Waals surface area (Å²) in [5, 5.41) is 6.70. The van der Waals surface area contributed by atoms with Crippen LogP contribution < -0.4 is 10.6 Å². The Hall–Kier alpha value is -0.830. The number of oxazole rings is 1. The van der Waals surface area contributed by atoms with E-state index in [0.717, 1.165) is 37.3 Å². The standard InChI is InChI=1S/C19H35N5O.HI/c1-6-20-18(21-9-12-24-10-7-15(2)8-11-24)23-14-17-22-13-16(25-17)19(3,4)5;/h13,15H,6-12,14H2,1-5H3,(H2,20,21,23);1H. The molecule has 150 valence electrons. The van der Waals surface area contributed by atoms with Crippen LogP contribution in [0, 0.1) is 5.92 Å². The van der Waals surface area contributed by atoms with Crippen LogP contribution in [0.15, 0.2) is 15.6 Å². The lowest BCUT2D eigenvalue weighted by Crippen LogP contribution is -2.43. The Morgan fingerprint density at radius 2 is 2.00 bits per heavy atom. The molecule has 0 spiro atoms. The number of nitrogens with one attached hydrogen (secondary N) is 2. The van der Waals surface area contributed by atoms with Crippen molar-refractivity contribution in [2.75, 3.05) is 32.7 Å². The third-order valence-electron chi connectivity index (χ3n) is 4.61. The second-order valence-electron chi connectivity index (χ2n) is 8.01. The number of hydrogen-bond acceptors (Lipinski definition) is 4. The molecule has 1 fully saturated rings. The van der Waals surface area contributed by atoms with Gasteiger partial charge in [0.25, 0.3) is 0 Å². The third kappa shape index (κ3) is 7.82. The van der Waals surface area contributed by atoms with Crippen LogP contribution in [-0.2, 0) is 12.0 Å². The number of nitrogens with zero attached hydrogens (tertiary/aromatic N) is 3. The molecule has 6 nitrogen and oxygen atoms in total. The minimum Gasteiger partial charge on any atom is -0.443 e. The molecule has 2 N–H and O–H groups in total. The molecular weight excluding hydrogens is 441 g/mol. The van der Waals surface area contributed by atoms with Gasteiger partial charge in [-0.1, -0.05) is 27.7 Å². The molecule has 1 aliphatic rings. The van der Waals surface area contributed by atoms with Gasteiger partial charge in [-0.3, -0.25) is 0 Å². The summed E-state index contributed by atoms with van der Waals surface area (Å²) in [5.41, 5.74) is -0.0242. The van der Waals surface area contributed by atoms with Crippen molar-refractivity contribution >= 4 is 29.9 Å². The molecule has 0 unspecified atom stereocenters. The van der Waals surface area contributed by atoms with Gasteiger partial charge in [-0.2, -0.15) is 0 Å². The van der Waals surface area contributed by atoms with Gasteiger partial charge in [0, 0.05) is 25.0 Å². The fraction of sp³-hybridized carbons (Fsp3) is 0.789. The molecule has 2 heterocycles. The Labute approximate surface area is 175 Å². The van der Waals surface area contributed by atoms with Crippen molar-refractivity contribution in [3.05, 3.63) is 17.8 Å². The zero-order valence-electron chi connectivity index (χ0n) is 17.0. The first-order valence-corrected chi connectivity index (χ1v) is 9.58. The highest BCUT2D eigenvalue weighted by molar-refractivity contribution is 14.0. The molecule has 1 aliphatic heterocycles. The summed E-state index contributed by atoms with van der Waals surface area (Å²) >= 11 is 0. The lowest BCUT2D eigenvalue weighted by Gasteiger charge is -2.30. The van der Waals surface area contributed by atoms with E-state index in [2.05, 4.69) is 60.1 Å². The van der Waals surface area contributed by atoms with Crippen molar-refractivity contribution in [1.29, 1.82) is 0 Å². The molecule has 2 rings (SSSR count). The van der Waals surface area contributed by atoms with E-state index in [4.69, 9.17) is 4.42 Å². The molecule has 1 saturated heterocycles. The first-order chi connectivity index (χ1) is 11.9. The lowest BCUT2D eigenvalue weighted by atomic mass is 9.94. The summed E-state index contributed by atoms with van der Waals surface area (Å²) in [7, 11) is 0. The minimum absolute atomic E-state index is 0. The highest BCUT2D eigenvalue weighted by atomic mass is 127. The van der Waals surface area contributed by atoms with Gasteiger partial charge in [0.15, 0.2) is 5.96 Å². The summed E-state index contributed by atoms with van der Waals surface area (Å²) in [4.78, 5) is 11.5. The molecule has 0 atom stereocenters. The van der Waals surface area contributed by atoms with Crippen molar-refractivity contribution in [3.8, 4) is 0 Å². The Bertz CT molecular complexity index is 544. The number of halogens is 1. The average molecular weight is 477 g/mol. The molecule has 0 radical (unpaired) electrons. The van der Waals surface area contributed by atoms with Gasteiger partial charge >= 0.3 is 0 Å². The quantitative estimate of drug-likeness (QED) is 0.374. The number of hydrogen-bond donors (Lipinski definition) is 2. The molecule has 26 heavy (non-hydrogen) atoms. The van der Waals surface area contributed by atoms with Crippen LogP contribution in [0.3, 0.4) is 0 Å². The highest BCUT2D eigenvalue weighted by Gasteiger charge is 2.19. The van der Waals surface area contributed by atoms with Crippen molar-refractivity contribution in [1.82, 2.24) is 20.5 Å². The normalized spacial score (nSPS) is 17.0. The second kappa shape index (κ2) is 11.1. The molecule has 0 aromatic carbocycles. The van der Waals surface area contributed by atoms with E-state index in [-0.39, 0.29) is 29.4 Å². The average Bonchev–Trinajstić information content (AvgIpc) is 3.04. The molecule has 7 heteroatoms. The molecular formula is C19H36IN5O. The number of guanidine groups is 1. The SMILES string of the molecule is CCNC(=NCc1ncc(C(C)(C)C)o1)NCCN1CCC(C)CC1.I. The zero-order chi connectivity index (χ0) is 18.3. The second-order valence-corrected chi connectivity index (χ2v) is 8.01. The fourth-order valence-electron chi connectivity index (χ4n) is 2.84. The number of piperidine rings is 1. The number of aliphatic imine (C=N–C) groups is 1. The van der Waals surface area contributed by atoms with E-state index in [1.807, 2.05) is 6.20 Å². The smallest absolute Gasteiger partial charge is 0.216 e. The van der Waals surface area contributed by atoms with E-state index in [0.29, 0.717) is 12.4 Å². The zero-order valence-corrected chi connectivity index (χ0v) is 19.3. The van der Waals surface area contributed by atoms with Gasteiger partial charge in [0.05, 0.1) is 6.20 Å². The number of aromatic nitrogens is 1. The van der Waals surface area contributed by atoms with Crippen LogP contribution in [0.4, 0.5) is 0 Å². The Balaban J connectivity index is 0.00000338. The monoisotopic (exact) mass is 477 g/mol. The van der Waals surface area contributed by atoms with Crippen molar-refractivity contribution in [2.45, 2.75) is 59.4 Å². The molecule has 1 aromatic heterocycles. The molecule has 1 aromatic rings. The van der Waals surface area contributed by atoms with Crippen LogP contribution in [-0.4, -0.2) is 48.6 Å². The van der Waals surface area contributed by atoms with Gasteiger partial charge in [0.1, 0.15) is 12.3 Å². The van der Waals surface area contributed by atoms with E-state index < -0.39 is 0 Å². The van der Waals surface area contributed by atoms with Crippen LogP contribution in [0.25, 0.3) is 0 Å².